The first kappa shape index (κ1) is 16.1. The van der Waals surface area contributed by atoms with Crippen molar-refractivity contribution in [1.29, 1.82) is 0 Å². The first-order chi connectivity index (χ1) is 10.9. The third kappa shape index (κ3) is 3.44. The maximum absolute atomic E-state index is 6.24. The van der Waals surface area contributed by atoms with Crippen molar-refractivity contribution in [3.8, 4) is 11.5 Å². The molecule has 0 radical (unpaired) electrons. The molecule has 2 heterocycles. The number of hydrogen-bond acceptors (Lipinski definition) is 4. The van der Waals surface area contributed by atoms with Crippen LogP contribution in [-0.4, -0.2) is 10.2 Å². The summed E-state index contributed by atoms with van der Waals surface area (Å²) in [6.07, 6.45) is 1.68. The summed E-state index contributed by atoms with van der Waals surface area (Å²) in [5.41, 5.74) is 1.53. The number of aromatic nitrogens is 2. The highest BCUT2D eigenvalue weighted by Crippen LogP contribution is 2.30. The second-order valence-electron chi connectivity index (χ2n) is 4.91. The Morgan fingerprint density at radius 2 is 1.83 bits per heavy atom. The minimum Gasteiger partial charge on any atom is -0.466 e. The van der Waals surface area contributed by atoms with Crippen LogP contribution in [0.3, 0.4) is 0 Å². The predicted molar refractivity (Wildman–Crippen MR) is 91.7 cm³/mol. The van der Waals surface area contributed by atoms with Crippen molar-refractivity contribution in [3.63, 3.8) is 0 Å². The Bertz CT molecular complexity index is 897. The number of aryl methyl sites for hydroxylation is 2. The van der Waals surface area contributed by atoms with Crippen LogP contribution in [0.4, 0.5) is 0 Å². The number of hydrogen-bond donors (Lipinski definition) is 0. The SMILES string of the molecule is Cc1cc(-c2nnc(/C(Cl)=C/c3ccc(Cl)c(Cl)c3)o2)c(C)o1. The molecule has 4 nitrogen and oxygen atoms in total. The van der Waals surface area contributed by atoms with Crippen molar-refractivity contribution in [3.05, 3.63) is 57.3 Å². The van der Waals surface area contributed by atoms with E-state index in [1.54, 1.807) is 24.3 Å². The molecular weight excluding hydrogens is 359 g/mol. The maximum Gasteiger partial charge on any atom is 0.259 e. The molecule has 0 aliphatic rings. The first-order valence-corrected chi connectivity index (χ1v) is 7.81. The summed E-state index contributed by atoms with van der Waals surface area (Å²) in [6, 6.07) is 7.02. The van der Waals surface area contributed by atoms with E-state index in [0.29, 0.717) is 26.7 Å². The Hall–Kier alpha value is -1.75. The summed E-state index contributed by atoms with van der Waals surface area (Å²) in [5, 5.41) is 9.20. The number of halogens is 3. The molecule has 0 bridgehead atoms. The molecule has 0 spiro atoms. The lowest BCUT2D eigenvalue weighted by atomic mass is 10.2. The third-order valence-electron chi connectivity index (χ3n) is 3.14. The molecule has 0 aliphatic carbocycles. The van der Waals surface area contributed by atoms with E-state index in [1.807, 2.05) is 19.9 Å². The summed E-state index contributed by atoms with van der Waals surface area (Å²) >= 11 is 18.1. The Balaban J connectivity index is 1.91. The second kappa shape index (κ2) is 6.40. The molecule has 1 aromatic carbocycles. The minimum absolute atomic E-state index is 0.214. The van der Waals surface area contributed by atoms with E-state index in [-0.39, 0.29) is 5.89 Å². The van der Waals surface area contributed by atoms with Crippen LogP contribution in [0.15, 0.2) is 33.1 Å². The van der Waals surface area contributed by atoms with Gasteiger partial charge in [0.15, 0.2) is 0 Å². The zero-order chi connectivity index (χ0) is 16.6. The highest BCUT2D eigenvalue weighted by molar-refractivity contribution is 6.50. The molecule has 23 heavy (non-hydrogen) atoms. The van der Waals surface area contributed by atoms with Crippen molar-refractivity contribution in [2.24, 2.45) is 0 Å². The van der Waals surface area contributed by atoms with Gasteiger partial charge in [-0.1, -0.05) is 40.9 Å². The van der Waals surface area contributed by atoms with Gasteiger partial charge in [0.05, 0.1) is 15.6 Å². The zero-order valence-corrected chi connectivity index (χ0v) is 14.5. The third-order valence-corrected chi connectivity index (χ3v) is 4.15. The lowest BCUT2D eigenvalue weighted by Crippen LogP contribution is -1.79. The van der Waals surface area contributed by atoms with Crippen LogP contribution in [0, 0.1) is 13.8 Å². The van der Waals surface area contributed by atoms with Crippen LogP contribution in [0.2, 0.25) is 10.0 Å². The molecule has 0 saturated heterocycles. The van der Waals surface area contributed by atoms with E-state index in [1.165, 1.54) is 0 Å². The predicted octanol–water partition coefficient (Wildman–Crippen LogP) is 5.99. The Morgan fingerprint density at radius 1 is 1.04 bits per heavy atom. The zero-order valence-electron chi connectivity index (χ0n) is 12.2. The molecule has 0 fully saturated rings. The Labute approximate surface area is 147 Å². The molecule has 0 atom stereocenters. The van der Waals surface area contributed by atoms with Gasteiger partial charge in [0.1, 0.15) is 16.6 Å². The molecule has 0 N–H and O–H groups in total. The molecule has 0 amide bonds. The average Bonchev–Trinajstić information content (AvgIpc) is 3.09. The fourth-order valence-electron chi connectivity index (χ4n) is 2.08. The van der Waals surface area contributed by atoms with E-state index in [9.17, 15) is 0 Å². The highest BCUT2D eigenvalue weighted by Gasteiger charge is 2.16. The van der Waals surface area contributed by atoms with E-state index in [4.69, 9.17) is 43.6 Å². The minimum atomic E-state index is 0.214. The number of furan rings is 1. The van der Waals surface area contributed by atoms with Crippen molar-refractivity contribution < 1.29 is 8.83 Å². The van der Waals surface area contributed by atoms with Crippen molar-refractivity contribution in [2.75, 3.05) is 0 Å². The lowest BCUT2D eigenvalue weighted by molar-refractivity contribution is 0.502. The van der Waals surface area contributed by atoms with Crippen LogP contribution in [-0.2, 0) is 0 Å². The van der Waals surface area contributed by atoms with Gasteiger partial charge in [0.25, 0.3) is 11.8 Å². The van der Waals surface area contributed by atoms with Crippen LogP contribution in [0.25, 0.3) is 22.6 Å². The van der Waals surface area contributed by atoms with E-state index < -0.39 is 0 Å². The van der Waals surface area contributed by atoms with Crippen molar-refractivity contribution in [1.82, 2.24) is 10.2 Å². The fraction of sp³-hybridized carbons (Fsp3) is 0.125. The van der Waals surface area contributed by atoms with Gasteiger partial charge in [-0.15, -0.1) is 10.2 Å². The van der Waals surface area contributed by atoms with Gasteiger partial charge < -0.3 is 8.83 Å². The molecule has 3 aromatic rings. The van der Waals surface area contributed by atoms with Crippen molar-refractivity contribution >= 4 is 45.9 Å². The Kier molecular flexibility index (Phi) is 4.48. The monoisotopic (exact) mass is 368 g/mol. The van der Waals surface area contributed by atoms with Crippen LogP contribution < -0.4 is 0 Å². The molecule has 118 valence electrons. The van der Waals surface area contributed by atoms with Crippen LogP contribution >= 0.6 is 34.8 Å². The fourth-order valence-corrected chi connectivity index (χ4v) is 2.59. The summed E-state index contributed by atoms with van der Waals surface area (Å²) in [7, 11) is 0. The van der Waals surface area contributed by atoms with Gasteiger partial charge in [-0.05, 0) is 43.7 Å². The van der Waals surface area contributed by atoms with Gasteiger partial charge >= 0.3 is 0 Å². The summed E-state index contributed by atoms with van der Waals surface area (Å²) < 4.78 is 11.1. The van der Waals surface area contributed by atoms with Gasteiger partial charge in [-0.25, -0.2) is 0 Å². The quantitative estimate of drug-likeness (QED) is 0.569. The van der Waals surface area contributed by atoms with Crippen molar-refractivity contribution in [2.45, 2.75) is 13.8 Å². The highest BCUT2D eigenvalue weighted by atomic mass is 35.5. The number of rotatable bonds is 3. The van der Waals surface area contributed by atoms with Crippen LogP contribution in [0.5, 0.6) is 0 Å². The standard InChI is InChI=1S/C16H11Cl3N2O2/c1-8-5-11(9(2)22-8)15-20-21-16(23-15)14(19)7-10-3-4-12(17)13(18)6-10/h3-7H,1-2H3/b14-7-. The second-order valence-corrected chi connectivity index (χ2v) is 6.13. The van der Waals surface area contributed by atoms with Gasteiger partial charge in [-0.3, -0.25) is 0 Å². The van der Waals surface area contributed by atoms with Gasteiger partial charge in [0, 0.05) is 0 Å². The molecule has 3 rings (SSSR count). The van der Waals surface area contributed by atoms with E-state index in [0.717, 1.165) is 16.9 Å². The normalized spacial score (nSPS) is 12.0. The van der Waals surface area contributed by atoms with Crippen LogP contribution in [0.1, 0.15) is 23.0 Å². The van der Waals surface area contributed by atoms with Gasteiger partial charge in [0.2, 0.25) is 0 Å². The first-order valence-electron chi connectivity index (χ1n) is 6.67. The number of nitrogens with zero attached hydrogens (tertiary/aromatic N) is 2. The smallest absolute Gasteiger partial charge is 0.259 e. The topological polar surface area (TPSA) is 52.1 Å². The molecule has 7 heteroatoms. The molecular formula is C16H11Cl3N2O2. The largest absolute Gasteiger partial charge is 0.466 e. The van der Waals surface area contributed by atoms with Gasteiger partial charge in [-0.2, -0.15) is 0 Å². The average molecular weight is 370 g/mol. The molecule has 0 unspecified atom stereocenters. The molecule has 2 aromatic heterocycles. The Morgan fingerprint density at radius 3 is 2.48 bits per heavy atom. The van der Waals surface area contributed by atoms with E-state index in [2.05, 4.69) is 10.2 Å². The molecule has 0 aliphatic heterocycles. The summed E-state index contributed by atoms with van der Waals surface area (Å²) in [5.74, 6) is 2.05. The maximum atomic E-state index is 6.24. The van der Waals surface area contributed by atoms with E-state index >= 15 is 0 Å². The number of benzene rings is 1. The summed E-state index contributed by atoms with van der Waals surface area (Å²) in [4.78, 5) is 0. The lowest BCUT2D eigenvalue weighted by Gasteiger charge is -1.98. The summed E-state index contributed by atoms with van der Waals surface area (Å²) in [6.45, 7) is 3.68. The molecule has 0 saturated carbocycles.